The Morgan fingerprint density at radius 2 is 1.95 bits per heavy atom. The van der Waals surface area contributed by atoms with Gasteiger partial charge < -0.3 is 15.2 Å². The van der Waals surface area contributed by atoms with Crippen LogP contribution < -0.4 is 15.2 Å². The molecule has 0 aromatic heterocycles. The molecule has 2 N–H and O–H groups in total. The number of benzene rings is 2. The van der Waals surface area contributed by atoms with Gasteiger partial charge in [0.05, 0.1) is 23.4 Å². The van der Waals surface area contributed by atoms with Crippen LogP contribution in [0.1, 0.15) is 5.56 Å². The van der Waals surface area contributed by atoms with Crippen LogP contribution in [0.5, 0.6) is 11.5 Å². The van der Waals surface area contributed by atoms with Gasteiger partial charge >= 0.3 is 0 Å². The van der Waals surface area contributed by atoms with Crippen molar-refractivity contribution < 1.29 is 18.3 Å². The van der Waals surface area contributed by atoms with Gasteiger partial charge in [-0.15, -0.1) is 0 Å². The molecule has 2 aromatic rings. The molecule has 106 valence electrons. The van der Waals surface area contributed by atoms with Gasteiger partial charge in [-0.3, -0.25) is 0 Å². The Labute approximate surface area is 119 Å². The Kier molecular flexibility index (Phi) is 4.29. The van der Waals surface area contributed by atoms with Crippen molar-refractivity contribution in [2.24, 2.45) is 0 Å². The fraction of sp³-hybridized carbons (Fsp3) is 0.143. The minimum atomic E-state index is -0.610. The second-order valence-corrected chi connectivity index (χ2v) is 4.42. The molecular formula is C14H12ClF2NO2. The third-order valence-corrected chi connectivity index (χ3v) is 3.02. The summed E-state index contributed by atoms with van der Waals surface area (Å²) >= 11 is 5.71. The molecule has 0 heterocycles. The smallest absolute Gasteiger partial charge is 0.152 e. The molecule has 0 aliphatic carbocycles. The molecule has 3 nitrogen and oxygen atoms in total. The molecule has 0 spiro atoms. The molecule has 0 unspecified atom stereocenters. The first-order valence-electron chi connectivity index (χ1n) is 5.71. The zero-order valence-electron chi connectivity index (χ0n) is 10.6. The first kappa shape index (κ1) is 14.4. The van der Waals surface area contributed by atoms with Gasteiger partial charge in [-0.05, 0) is 24.3 Å². The predicted molar refractivity (Wildman–Crippen MR) is 73.1 cm³/mol. The Bertz CT molecular complexity index is 635. The predicted octanol–water partition coefficient (Wildman–Crippen LogP) is 3.79. The van der Waals surface area contributed by atoms with Crippen molar-refractivity contribution >= 4 is 17.3 Å². The maximum absolute atomic E-state index is 13.9. The lowest BCUT2D eigenvalue weighted by Gasteiger charge is -2.12. The molecule has 0 saturated carbocycles. The largest absolute Gasteiger partial charge is 0.496 e. The van der Waals surface area contributed by atoms with Crippen LogP contribution >= 0.6 is 11.6 Å². The van der Waals surface area contributed by atoms with E-state index >= 15 is 0 Å². The molecular weight excluding hydrogens is 288 g/mol. The normalized spacial score (nSPS) is 10.4. The maximum Gasteiger partial charge on any atom is 0.152 e. The van der Waals surface area contributed by atoms with E-state index < -0.39 is 11.6 Å². The van der Waals surface area contributed by atoms with E-state index in [-0.39, 0.29) is 22.9 Å². The van der Waals surface area contributed by atoms with Crippen molar-refractivity contribution in [1.82, 2.24) is 0 Å². The quantitative estimate of drug-likeness (QED) is 0.874. The number of halogens is 3. The van der Waals surface area contributed by atoms with Crippen LogP contribution in [0.25, 0.3) is 0 Å². The third kappa shape index (κ3) is 2.93. The highest BCUT2D eigenvalue weighted by atomic mass is 35.5. The fourth-order valence-corrected chi connectivity index (χ4v) is 1.84. The SMILES string of the molecule is COc1ccc(Cl)c(F)c1COc1ccc(F)c(N)c1. The zero-order chi connectivity index (χ0) is 14.7. The van der Waals surface area contributed by atoms with Crippen LogP contribution in [-0.4, -0.2) is 7.11 Å². The van der Waals surface area contributed by atoms with Crippen molar-refractivity contribution in [3.63, 3.8) is 0 Å². The number of hydrogen-bond acceptors (Lipinski definition) is 3. The van der Waals surface area contributed by atoms with Gasteiger partial charge in [0.25, 0.3) is 0 Å². The summed E-state index contributed by atoms with van der Waals surface area (Å²) in [6.07, 6.45) is 0. The number of nitrogens with two attached hydrogens (primary N) is 1. The highest BCUT2D eigenvalue weighted by molar-refractivity contribution is 6.30. The molecule has 2 aromatic carbocycles. The molecule has 2 rings (SSSR count). The standard InChI is InChI=1S/C14H12ClF2NO2/c1-19-13-5-3-10(15)14(17)9(13)7-20-8-2-4-11(16)12(18)6-8/h2-6H,7,18H2,1H3. The van der Waals surface area contributed by atoms with E-state index in [9.17, 15) is 8.78 Å². The first-order chi connectivity index (χ1) is 9.52. The van der Waals surface area contributed by atoms with Crippen LogP contribution in [0.4, 0.5) is 14.5 Å². The summed E-state index contributed by atoms with van der Waals surface area (Å²) in [7, 11) is 1.42. The zero-order valence-corrected chi connectivity index (χ0v) is 11.4. The minimum Gasteiger partial charge on any atom is -0.496 e. The van der Waals surface area contributed by atoms with Crippen molar-refractivity contribution in [1.29, 1.82) is 0 Å². The lowest BCUT2D eigenvalue weighted by atomic mass is 10.2. The topological polar surface area (TPSA) is 44.5 Å². The third-order valence-electron chi connectivity index (χ3n) is 2.72. The Morgan fingerprint density at radius 3 is 2.60 bits per heavy atom. The average molecular weight is 300 g/mol. The van der Waals surface area contributed by atoms with Gasteiger partial charge in [0, 0.05) is 6.07 Å². The van der Waals surface area contributed by atoms with E-state index in [1.807, 2.05) is 0 Å². The minimum absolute atomic E-state index is 0.0250. The summed E-state index contributed by atoms with van der Waals surface area (Å²) in [5.41, 5.74) is 5.57. The molecule has 0 atom stereocenters. The van der Waals surface area contributed by atoms with Crippen LogP contribution in [0, 0.1) is 11.6 Å². The molecule has 0 amide bonds. The van der Waals surface area contributed by atoms with E-state index in [4.69, 9.17) is 26.8 Å². The van der Waals surface area contributed by atoms with Crippen LogP contribution in [0.2, 0.25) is 5.02 Å². The van der Waals surface area contributed by atoms with E-state index in [0.717, 1.165) is 0 Å². The maximum atomic E-state index is 13.9. The van der Waals surface area contributed by atoms with Gasteiger partial charge in [-0.25, -0.2) is 8.78 Å². The van der Waals surface area contributed by atoms with Crippen molar-refractivity contribution in [2.75, 3.05) is 12.8 Å². The summed E-state index contributed by atoms with van der Waals surface area (Å²) in [5, 5.41) is -0.0250. The summed E-state index contributed by atoms with van der Waals surface area (Å²) < 4.78 is 37.4. The number of hydrogen-bond donors (Lipinski definition) is 1. The molecule has 0 bridgehead atoms. The van der Waals surface area contributed by atoms with Gasteiger partial charge in [-0.1, -0.05) is 11.6 Å². The first-order valence-corrected chi connectivity index (χ1v) is 6.09. The lowest BCUT2D eigenvalue weighted by Crippen LogP contribution is -2.03. The van der Waals surface area contributed by atoms with Crippen molar-refractivity contribution in [3.05, 3.63) is 52.6 Å². The lowest BCUT2D eigenvalue weighted by molar-refractivity contribution is 0.289. The molecule has 0 aliphatic heterocycles. The van der Waals surface area contributed by atoms with Gasteiger partial charge in [0.1, 0.15) is 23.9 Å². The number of nitrogen functional groups attached to an aromatic ring is 1. The van der Waals surface area contributed by atoms with Gasteiger partial charge in [-0.2, -0.15) is 0 Å². The second-order valence-electron chi connectivity index (χ2n) is 4.01. The highest BCUT2D eigenvalue weighted by Crippen LogP contribution is 2.29. The second kappa shape index (κ2) is 5.96. The van der Waals surface area contributed by atoms with E-state index in [1.54, 1.807) is 6.07 Å². The van der Waals surface area contributed by atoms with E-state index in [0.29, 0.717) is 11.5 Å². The molecule has 0 fully saturated rings. The number of ether oxygens (including phenoxy) is 2. The highest BCUT2D eigenvalue weighted by Gasteiger charge is 2.14. The summed E-state index contributed by atoms with van der Waals surface area (Å²) in [6.45, 7) is -0.110. The number of rotatable bonds is 4. The molecule has 6 heteroatoms. The summed E-state index contributed by atoms with van der Waals surface area (Å²) in [4.78, 5) is 0. The fourth-order valence-electron chi connectivity index (χ4n) is 1.67. The van der Waals surface area contributed by atoms with Crippen LogP contribution in [0.3, 0.4) is 0 Å². The van der Waals surface area contributed by atoms with E-state index in [2.05, 4.69) is 0 Å². The average Bonchev–Trinajstić information content (AvgIpc) is 2.44. The van der Waals surface area contributed by atoms with Crippen molar-refractivity contribution in [2.45, 2.75) is 6.61 Å². The van der Waals surface area contributed by atoms with Gasteiger partial charge in [0.15, 0.2) is 5.82 Å². The summed E-state index contributed by atoms with van der Waals surface area (Å²) in [5.74, 6) is -0.503. The molecule has 0 aliphatic rings. The monoisotopic (exact) mass is 299 g/mol. The Hall–Kier alpha value is -2.01. The Balaban J connectivity index is 2.22. The summed E-state index contributed by atoms with van der Waals surface area (Å²) in [6, 6.07) is 6.85. The number of methoxy groups -OCH3 is 1. The van der Waals surface area contributed by atoms with Crippen molar-refractivity contribution in [3.8, 4) is 11.5 Å². The van der Waals surface area contributed by atoms with E-state index in [1.165, 1.54) is 31.4 Å². The molecule has 0 radical (unpaired) electrons. The Morgan fingerprint density at radius 1 is 1.20 bits per heavy atom. The number of anilines is 1. The van der Waals surface area contributed by atoms with Gasteiger partial charge in [0.2, 0.25) is 0 Å². The molecule has 20 heavy (non-hydrogen) atoms. The van der Waals surface area contributed by atoms with Crippen LogP contribution in [0.15, 0.2) is 30.3 Å². The molecule has 0 saturated heterocycles. The van der Waals surface area contributed by atoms with Crippen LogP contribution in [-0.2, 0) is 6.61 Å².